The molecule has 0 bridgehead atoms. The number of H-pyrrole nitrogens is 1. The molecule has 2 aliphatic rings. The van der Waals surface area contributed by atoms with E-state index in [1.807, 2.05) is 37.3 Å². The molecule has 0 radical (unpaired) electrons. The first-order valence-electron chi connectivity index (χ1n) is 11.8. The number of fused-ring (bicyclic) bond motifs is 1. The molecule has 0 unspecified atom stereocenters. The van der Waals surface area contributed by atoms with E-state index in [0.717, 1.165) is 29.7 Å². The van der Waals surface area contributed by atoms with Gasteiger partial charge in [-0.1, -0.05) is 30.3 Å². The van der Waals surface area contributed by atoms with Crippen LogP contribution < -0.4 is 10.0 Å². The molecule has 2 fully saturated rings. The van der Waals surface area contributed by atoms with Crippen molar-refractivity contribution in [2.45, 2.75) is 68.3 Å². The summed E-state index contributed by atoms with van der Waals surface area (Å²) >= 11 is 0. The van der Waals surface area contributed by atoms with E-state index >= 15 is 0 Å². The predicted octanol–water partition coefficient (Wildman–Crippen LogP) is 4.15. The Labute approximate surface area is 194 Å². The molecule has 8 heteroatoms. The first kappa shape index (κ1) is 22.1. The Bertz CT molecular complexity index is 1240. The molecule has 1 atom stereocenters. The third-order valence-electron chi connectivity index (χ3n) is 6.83. The number of carbonyl (C=O) groups is 1. The molecule has 7 nitrogen and oxygen atoms in total. The number of hydrogen-bond acceptors (Lipinski definition) is 4. The molecular formula is C25H30N4O3S. The number of carbonyl (C=O) groups excluding carboxylic acids is 1. The van der Waals surface area contributed by atoms with Crippen LogP contribution in [-0.4, -0.2) is 30.3 Å². The van der Waals surface area contributed by atoms with Gasteiger partial charge >= 0.3 is 0 Å². The van der Waals surface area contributed by atoms with Gasteiger partial charge in [0, 0.05) is 17.9 Å². The molecular weight excluding hydrogens is 436 g/mol. The molecule has 0 aliphatic heterocycles. The van der Waals surface area contributed by atoms with E-state index in [1.54, 1.807) is 18.2 Å². The van der Waals surface area contributed by atoms with Crippen LogP contribution >= 0.6 is 0 Å². The van der Waals surface area contributed by atoms with Crippen LogP contribution in [0.2, 0.25) is 0 Å². The van der Waals surface area contributed by atoms with Gasteiger partial charge in [0.15, 0.2) is 0 Å². The van der Waals surface area contributed by atoms with Crippen LogP contribution in [0.4, 0.5) is 0 Å². The van der Waals surface area contributed by atoms with Crippen molar-refractivity contribution in [3.05, 3.63) is 59.9 Å². The standard InChI is InChI=1S/C25H30N4O3S/c1-16(17-5-3-2-4-6-17)26-25(30)19-9-11-20(12-10-19)29-33(31,32)21-13-14-22-23(15-21)28-24(27-22)18-7-8-18/h2-6,13-16,18-20,29H,7-12H2,1H3,(H,26,30)(H,27,28)/t16-,19?,20?/m1/s1. The van der Waals surface area contributed by atoms with Gasteiger partial charge < -0.3 is 10.3 Å². The highest BCUT2D eigenvalue weighted by atomic mass is 32.2. The van der Waals surface area contributed by atoms with Crippen molar-refractivity contribution in [3.8, 4) is 0 Å². The van der Waals surface area contributed by atoms with Gasteiger partial charge in [-0.05, 0) is 69.2 Å². The second kappa shape index (κ2) is 8.91. The summed E-state index contributed by atoms with van der Waals surface area (Å²) in [6.45, 7) is 1.98. The van der Waals surface area contributed by atoms with E-state index in [-0.39, 0.29) is 28.8 Å². The molecule has 1 amide bonds. The number of benzene rings is 2. The lowest BCUT2D eigenvalue weighted by atomic mass is 9.85. The minimum absolute atomic E-state index is 0.0445. The molecule has 1 aromatic heterocycles. The van der Waals surface area contributed by atoms with E-state index in [1.165, 1.54) is 0 Å². The maximum absolute atomic E-state index is 13.0. The molecule has 33 heavy (non-hydrogen) atoms. The fraction of sp³-hybridized carbons (Fsp3) is 0.440. The Morgan fingerprint density at radius 3 is 2.45 bits per heavy atom. The van der Waals surface area contributed by atoms with Gasteiger partial charge in [-0.2, -0.15) is 0 Å². The lowest BCUT2D eigenvalue weighted by molar-refractivity contribution is -0.126. The van der Waals surface area contributed by atoms with Crippen LogP contribution in [-0.2, 0) is 14.8 Å². The topological polar surface area (TPSA) is 104 Å². The maximum Gasteiger partial charge on any atom is 0.240 e. The Kier molecular flexibility index (Phi) is 5.97. The minimum Gasteiger partial charge on any atom is -0.349 e. The highest BCUT2D eigenvalue weighted by Gasteiger charge is 2.30. The van der Waals surface area contributed by atoms with Crippen LogP contribution in [0.3, 0.4) is 0 Å². The van der Waals surface area contributed by atoms with Crippen LogP contribution in [0, 0.1) is 5.92 Å². The summed E-state index contributed by atoms with van der Waals surface area (Å²) in [5.41, 5.74) is 2.63. The monoisotopic (exact) mass is 466 g/mol. The molecule has 5 rings (SSSR count). The first-order chi connectivity index (χ1) is 15.9. The summed E-state index contributed by atoms with van der Waals surface area (Å²) in [5.74, 6) is 1.39. The molecule has 2 aliphatic carbocycles. The van der Waals surface area contributed by atoms with Crippen LogP contribution in [0.1, 0.15) is 68.8 Å². The van der Waals surface area contributed by atoms with Crippen LogP contribution in [0.15, 0.2) is 53.4 Å². The molecule has 2 saturated carbocycles. The number of sulfonamides is 1. The summed E-state index contributed by atoms with van der Waals surface area (Å²) in [6.07, 6.45) is 4.91. The number of nitrogens with one attached hydrogen (secondary N) is 3. The Morgan fingerprint density at radius 1 is 1.03 bits per heavy atom. The largest absolute Gasteiger partial charge is 0.349 e. The zero-order chi connectivity index (χ0) is 23.0. The van der Waals surface area contributed by atoms with Gasteiger partial charge in [-0.3, -0.25) is 4.79 Å². The van der Waals surface area contributed by atoms with Crippen molar-refractivity contribution in [1.82, 2.24) is 20.0 Å². The highest BCUT2D eigenvalue weighted by Crippen LogP contribution is 2.39. The summed E-state index contributed by atoms with van der Waals surface area (Å²) in [4.78, 5) is 20.8. The highest BCUT2D eigenvalue weighted by molar-refractivity contribution is 7.89. The molecule has 1 heterocycles. The minimum atomic E-state index is -3.64. The summed E-state index contributed by atoms with van der Waals surface area (Å²) < 4.78 is 28.8. The number of amides is 1. The van der Waals surface area contributed by atoms with Gasteiger partial charge in [0.1, 0.15) is 5.82 Å². The van der Waals surface area contributed by atoms with Crippen molar-refractivity contribution in [2.24, 2.45) is 5.92 Å². The normalized spacial score (nSPS) is 22.2. The zero-order valence-corrected chi connectivity index (χ0v) is 19.6. The molecule has 3 aromatic rings. The third kappa shape index (κ3) is 4.96. The molecule has 0 spiro atoms. The van der Waals surface area contributed by atoms with Gasteiger partial charge in [0.05, 0.1) is 22.0 Å². The maximum atomic E-state index is 13.0. The quantitative estimate of drug-likeness (QED) is 0.486. The van der Waals surface area contributed by atoms with Crippen molar-refractivity contribution in [1.29, 1.82) is 0 Å². The van der Waals surface area contributed by atoms with Gasteiger partial charge in [0.25, 0.3) is 0 Å². The number of imidazole rings is 1. The van der Waals surface area contributed by atoms with Crippen molar-refractivity contribution >= 4 is 27.0 Å². The lowest BCUT2D eigenvalue weighted by Crippen LogP contribution is -2.41. The predicted molar refractivity (Wildman–Crippen MR) is 127 cm³/mol. The lowest BCUT2D eigenvalue weighted by Gasteiger charge is -2.29. The number of aromatic nitrogens is 2. The van der Waals surface area contributed by atoms with E-state index in [4.69, 9.17) is 0 Å². The number of nitrogens with zero attached hydrogens (tertiary/aromatic N) is 1. The molecule has 0 saturated heterocycles. The van der Waals surface area contributed by atoms with Gasteiger partial charge in [-0.25, -0.2) is 18.1 Å². The third-order valence-corrected chi connectivity index (χ3v) is 8.34. The van der Waals surface area contributed by atoms with Crippen LogP contribution in [0.25, 0.3) is 11.0 Å². The second-order valence-electron chi connectivity index (χ2n) is 9.39. The van der Waals surface area contributed by atoms with E-state index in [9.17, 15) is 13.2 Å². The smallest absolute Gasteiger partial charge is 0.240 e. The molecule has 3 N–H and O–H groups in total. The van der Waals surface area contributed by atoms with Gasteiger partial charge in [-0.15, -0.1) is 0 Å². The first-order valence-corrected chi connectivity index (χ1v) is 13.2. The SMILES string of the molecule is C[C@@H](NC(=O)C1CCC(NS(=O)(=O)c2ccc3[nH]c(C4CC4)nc3c2)CC1)c1ccccc1. The van der Waals surface area contributed by atoms with Crippen molar-refractivity contribution in [2.75, 3.05) is 0 Å². The van der Waals surface area contributed by atoms with Crippen molar-refractivity contribution < 1.29 is 13.2 Å². The fourth-order valence-electron chi connectivity index (χ4n) is 4.64. The second-order valence-corrected chi connectivity index (χ2v) is 11.1. The average Bonchev–Trinajstić information content (AvgIpc) is 3.58. The average molecular weight is 467 g/mol. The number of hydrogen-bond donors (Lipinski definition) is 3. The summed E-state index contributed by atoms with van der Waals surface area (Å²) in [5, 5.41) is 3.10. The van der Waals surface area contributed by atoms with Crippen LogP contribution in [0.5, 0.6) is 0 Å². The Balaban J connectivity index is 1.17. The zero-order valence-electron chi connectivity index (χ0n) is 18.8. The Hall–Kier alpha value is -2.71. The molecule has 174 valence electrons. The number of aromatic amines is 1. The summed E-state index contributed by atoms with van der Waals surface area (Å²) in [6, 6.07) is 14.7. The summed E-state index contributed by atoms with van der Waals surface area (Å²) in [7, 11) is -3.64. The van der Waals surface area contributed by atoms with Crippen molar-refractivity contribution in [3.63, 3.8) is 0 Å². The van der Waals surface area contributed by atoms with E-state index < -0.39 is 10.0 Å². The fourth-order valence-corrected chi connectivity index (χ4v) is 5.96. The number of rotatable bonds is 7. The van der Waals surface area contributed by atoms with E-state index in [0.29, 0.717) is 37.1 Å². The molecule has 2 aromatic carbocycles. The Morgan fingerprint density at radius 2 is 1.76 bits per heavy atom. The van der Waals surface area contributed by atoms with Gasteiger partial charge in [0.2, 0.25) is 15.9 Å². The van der Waals surface area contributed by atoms with E-state index in [2.05, 4.69) is 20.0 Å².